The Labute approximate surface area is 105 Å². The van der Waals surface area contributed by atoms with Crippen LogP contribution >= 0.6 is 0 Å². The summed E-state index contributed by atoms with van der Waals surface area (Å²) in [6.45, 7) is 9.31. The maximum absolute atomic E-state index is 12.3. The first-order valence-corrected chi connectivity index (χ1v) is 6.54. The monoisotopic (exact) mass is 242 g/mol. The summed E-state index contributed by atoms with van der Waals surface area (Å²) < 4.78 is 5.17. The maximum atomic E-state index is 12.3. The average Bonchev–Trinajstić information content (AvgIpc) is 2.29. The van der Waals surface area contributed by atoms with Crippen LogP contribution in [0.1, 0.15) is 33.6 Å². The topological polar surface area (TPSA) is 41.6 Å². The van der Waals surface area contributed by atoms with Crippen LogP contribution in [0.15, 0.2) is 0 Å². The lowest BCUT2D eigenvalue weighted by Crippen LogP contribution is -2.55. The lowest BCUT2D eigenvalue weighted by atomic mass is 9.95. The first kappa shape index (κ1) is 14.5. The number of nitrogens with zero attached hydrogens (tertiary/aromatic N) is 1. The number of hydrogen-bond acceptors (Lipinski definition) is 3. The highest BCUT2D eigenvalue weighted by atomic mass is 16.5. The summed E-state index contributed by atoms with van der Waals surface area (Å²) in [5.74, 6) is 0.835. The van der Waals surface area contributed by atoms with Crippen molar-refractivity contribution >= 4 is 5.91 Å². The lowest BCUT2D eigenvalue weighted by molar-refractivity contribution is -0.138. The van der Waals surface area contributed by atoms with Crippen LogP contribution in [0.3, 0.4) is 0 Å². The zero-order chi connectivity index (χ0) is 12.9. The molecule has 0 spiro atoms. The van der Waals surface area contributed by atoms with Crippen molar-refractivity contribution in [3.8, 4) is 0 Å². The third-order valence-corrected chi connectivity index (χ3v) is 3.46. The van der Waals surface area contributed by atoms with Gasteiger partial charge in [-0.25, -0.2) is 0 Å². The number of likely N-dealkylation sites (tertiary alicyclic amines) is 1. The molecule has 0 atom stereocenters. The number of amides is 1. The fraction of sp³-hybridized carbons (Fsp3) is 0.923. The highest BCUT2D eigenvalue weighted by Gasteiger charge is 2.33. The number of piperidine rings is 1. The Morgan fingerprint density at radius 2 is 2.00 bits per heavy atom. The molecular formula is C13H26N2O2. The number of rotatable bonds is 5. The summed E-state index contributed by atoms with van der Waals surface area (Å²) in [6, 6.07) is 0. The van der Waals surface area contributed by atoms with Crippen LogP contribution in [-0.2, 0) is 9.53 Å². The van der Waals surface area contributed by atoms with Crippen LogP contribution in [0, 0.1) is 5.92 Å². The van der Waals surface area contributed by atoms with Gasteiger partial charge < -0.3 is 15.0 Å². The third-order valence-electron chi connectivity index (χ3n) is 3.46. The highest BCUT2D eigenvalue weighted by Crippen LogP contribution is 2.20. The molecule has 100 valence electrons. The Hall–Kier alpha value is -0.610. The van der Waals surface area contributed by atoms with Crippen molar-refractivity contribution in [2.24, 2.45) is 5.92 Å². The Bertz CT molecular complexity index is 246. The zero-order valence-electron chi connectivity index (χ0n) is 11.6. The Kier molecular flexibility index (Phi) is 5.40. The first-order valence-electron chi connectivity index (χ1n) is 6.54. The quantitative estimate of drug-likeness (QED) is 0.789. The summed E-state index contributed by atoms with van der Waals surface area (Å²) in [7, 11) is 1.74. The van der Waals surface area contributed by atoms with Gasteiger partial charge in [0.2, 0.25) is 5.91 Å². The summed E-state index contributed by atoms with van der Waals surface area (Å²) in [5, 5.41) is 3.24. The second-order valence-electron chi connectivity index (χ2n) is 5.35. The van der Waals surface area contributed by atoms with Crippen molar-refractivity contribution in [3.05, 3.63) is 0 Å². The molecule has 1 amide bonds. The van der Waals surface area contributed by atoms with Crippen molar-refractivity contribution < 1.29 is 9.53 Å². The van der Waals surface area contributed by atoms with E-state index in [9.17, 15) is 4.79 Å². The number of carbonyl (C=O) groups excluding carboxylic acids is 1. The summed E-state index contributed by atoms with van der Waals surface area (Å²) in [4.78, 5) is 14.3. The van der Waals surface area contributed by atoms with Gasteiger partial charge in [-0.3, -0.25) is 4.79 Å². The van der Waals surface area contributed by atoms with E-state index in [0.29, 0.717) is 5.92 Å². The second-order valence-corrected chi connectivity index (χ2v) is 5.35. The summed E-state index contributed by atoms with van der Waals surface area (Å²) in [5.41, 5.74) is -0.442. The molecule has 1 rings (SSSR count). The molecule has 0 aliphatic carbocycles. The second kappa shape index (κ2) is 6.36. The molecule has 17 heavy (non-hydrogen) atoms. The Morgan fingerprint density at radius 1 is 1.41 bits per heavy atom. The van der Waals surface area contributed by atoms with Crippen molar-refractivity contribution in [3.63, 3.8) is 0 Å². The lowest BCUT2D eigenvalue weighted by Gasteiger charge is -2.37. The minimum absolute atomic E-state index is 0.218. The number of ether oxygens (including phenoxy) is 1. The SMILES string of the molecule is CCNC(C)(C)C(=O)N1CCC(COC)CC1. The van der Waals surface area contributed by atoms with Gasteiger partial charge in [-0.15, -0.1) is 0 Å². The first-order chi connectivity index (χ1) is 8.01. The molecule has 1 N–H and O–H groups in total. The normalized spacial score (nSPS) is 18.5. The van der Waals surface area contributed by atoms with Gasteiger partial charge in [0, 0.05) is 26.8 Å². The largest absolute Gasteiger partial charge is 0.384 e. The van der Waals surface area contributed by atoms with E-state index in [4.69, 9.17) is 4.74 Å². The van der Waals surface area contributed by atoms with E-state index in [1.807, 2.05) is 25.7 Å². The number of methoxy groups -OCH3 is 1. The minimum atomic E-state index is -0.442. The molecule has 1 heterocycles. The molecule has 1 aliphatic heterocycles. The van der Waals surface area contributed by atoms with Crippen LogP contribution in [0.5, 0.6) is 0 Å². The van der Waals surface area contributed by atoms with Gasteiger partial charge in [-0.1, -0.05) is 6.92 Å². The van der Waals surface area contributed by atoms with Gasteiger partial charge in [0.25, 0.3) is 0 Å². The van der Waals surface area contributed by atoms with Crippen LogP contribution < -0.4 is 5.32 Å². The van der Waals surface area contributed by atoms with Crippen LogP contribution in [0.4, 0.5) is 0 Å². The van der Waals surface area contributed by atoms with Crippen molar-refractivity contribution in [2.45, 2.75) is 39.2 Å². The van der Waals surface area contributed by atoms with Crippen LogP contribution in [-0.4, -0.2) is 49.7 Å². The molecule has 1 fully saturated rings. The van der Waals surface area contributed by atoms with E-state index in [1.54, 1.807) is 7.11 Å². The number of carbonyl (C=O) groups is 1. The molecule has 0 unspecified atom stereocenters. The molecular weight excluding hydrogens is 216 g/mol. The van der Waals surface area contributed by atoms with Crippen LogP contribution in [0.2, 0.25) is 0 Å². The Morgan fingerprint density at radius 3 is 2.47 bits per heavy atom. The molecule has 0 saturated carbocycles. The minimum Gasteiger partial charge on any atom is -0.384 e. The smallest absolute Gasteiger partial charge is 0.242 e. The van der Waals surface area contributed by atoms with Gasteiger partial charge >= 0.3 is 0 Å². The fourth-order valence-corrected chi connectivity index (χ4v) is 2.45. The third kappa shape index (κ3) is 3.96. The van der Waals surface area contributed by atoms with Crippen LogP contribution in [0.25, 0.3) is 0 Å². The fourth-order valence-electron chi connectivity index (χ4n) is 2.45. The standard InChI is InChI=1S/C13H26N2O2/c1-5-14-13(2,3)12(16)15-8-6-11(7-9-15)10-17-4/h11,14H,5-10H2,1-4H3. The summed E-state index contributed by atoms with van der Waals surface area (Å²) in [6.07, 6.45) is 2.11. The van der Waals surface area contributed by atoms with E-state index in [-0.39, 0.29) is 5.91 Å². The summed E-state index contributed by atoms with van der Waals surface area (Å²) >= 11 is 0. The van der Waals surface area contributed by atoms with Gasteiger partial charge in [-0.05, 0) is 39.2 Å². The molecule has 0 aromatic rings. The van der Waals surface area contributed by atoms with Crippen molar-refractivity contribution in [2.75, 3.05) is 33.4 Å². The highest BCUT2D eigenvalue weighted by molar-refractivity contribution is 5.85. The molecule has 4 nitrogen and oxygen atoms in total. The van der Waals surface area contributed by atoms with E-state index >= 15 is 0 Å². The van der Waals surface area contributed by atoms with E-state index < -0.39 is 5.54 Å². The average molecular weight is 242 g/mol. The van der Waals surface area contributed by atoms with Gasteiger partial charge in [0.15, 0.2) is 0 Å². The number of hydrogen-bond donors (Lipinski definition) is 1. The van der Waals surface area contributed by atoms with Gasteiger partial charge in [0.05, 0.1) is 5.54 Å². The predicted octanol–water partition coefficient (Wildman–Crippen LogP) is 1.26. The van der Waals surface area contributed by atoms with E-state index in [0.717, 1.165) is 39.1 Å². The van der Waals surface area contributed by atoms with Crippen molar-refractivity contribution in [1.29, 1.82) is 0 Å². The predicted molar refractivity (Wildman–Crippen MR) is 68.9 cm³/mol. The number of likely N-dealkylation sites (N-methyl/N-ethyl adjacent to an activating group) is 1. The molecule has 4 heteroatoms. The van der Waals surface area contributed by atoms with E-state index in [1.165, 1.54) is 0 Å². The molecule has 0 radical (unpaired) electrons. The van der Waals surface area contributed by atoms with Gasteiger partial charge in [0.1, 0.15) is 0 Å². The van der Waals surface area contributed by atoms with E-state index in [2.05, 4.69) is 5.32 Å². The molecule has 0 bridgehead atoms. The van der Waals surface area contributed by atoms with Gasteiger partial charge in [-0.2, -0.15) is 0 Å². The molecule has 0 aromatic heterocycles. The van der Waals surface area contributed by atoms with Crippen molar-refractivity contribution in [1.82, 2.24) is 10.2 Å². The number of nitrogens with one attached hydrogen (secondary N) is 1. The zero-order valence-corrected chi connectivity index (χ0v) is 11.6. The molecule has 1 aliphatic rings. The molecule has 0 aromatic carbocycles. The Balaban J connectivity index is 2.45. The maximum Gasteiger partial charge on any atom is 0.242 e. The molecule has 1 saturated heterocycles.